The van der Waals surface area contributed by atoms with Crippen LogP contribution in [0.2, 0.25) is 0 Å². The highest BCUT2D eigenvalue weighted by molar-refractivity contribution is 5.69. The summed E-state index contributed by atoms with van der Waals surface area (Å²) in [4.78, 5) is 10.7. The van der Waals surface area contributed by atoms with Gasteiger partial charge in [-0.2, -0.15) is 0 Å². The third-order valence-corrected chi connectivity index (χ3v) is 2.68. The molecule has 0 fully saturated rings. The van der Waals surface area contributed by atoms with Gasteiger partial charge in [0.1, 0.15) is 5.82 Å². The van der Waals surface area contributed by atoms with Crippen molar-refractivity contribution in [3.05, 3.63) is 35.1 Å². The van der Waals surface area contributed by atoms with Gasteiger partial charge in [0.15, 0.2) is 0 Å². The molecule has 0 bridgehead atoms. The van der Waals surface area contributed by atoms with Crippen molar-refractivity contribution >= 4 is 5.97 Å². The molecule has 1 atom stereocenters. The van der Waals surface area contributed by atoms with Gasteiger partial charge in [-0.1, -0.05) is 32.9 Å². The third kappa shape index (κ3) is 3.05. The van der Waals surface area contributed by atoms with E-state index in [1.807, 2.05) is 13.8 Å². The molecule has 0 aliphatic rings. The SMILES string of the molecule is CC(Cc1cc(C(C)C)ccc1F)C(=O)O. The maximum atomic E-state index is 13.5. The smallest absolute Gasteiger partial charge is 0.306 e. The van der Waals surface area contributed by atoms with E-state index in [1.54, 1.807) is 19.1 Å². The molecule has 0 heterocycles. The summed E-state index contributed by atoms with van der Waals surface area (Å²) < 4.78 is 13.5. The van der Waals surface area contributed by atoms with E-state index in [-0.39, 0.29) is 12.2 Å². The molecule has 1 aromatic rings. The van der Waals surface area contributed by atoms with Crippen molar-refractivity contribution in [2.24, 2.45) is 5.92 Å². The van der Waals surface area contributed by atoms with E-state index in [0.29, 0.717) is 11.5 Å². The minimum absolute atomic E-state index is 0.238. The summed E-state index contributed by atoms with van der Waals surface area (Å²) in [5, 5.41) is 8.79. The Labute approximate surface area is 95.1 Å². The Morgan fingerprint density at radius 3 is 2.50 bits per heavy atom. The van der Waals surface area contributed by atoms with Crippen LogP contribution in [0.15, 0.2) is 18.2 Å². The van der Waals surface area contributed by atoms with Crippen molar-refractivity contribution in [2.45, 2.75) is 33.1 Å². The van der Waals surface area contributed by atoms with Gasteiger partial charge in [0.05, 0.1) is 5.92 Å². The molecule has 0 radical (unpaired) electrons. The lowest BCUT2D eigenvalue weighted by atomic mass is 9.95. The summed E-state index contributed by atoms with van der Waals surface area (Å²) in [5.74, 6) is -1.46. The first-order valence-corrected chi connectivity index (χ1v) is 5.43. The normalized spacial score (nSPS) is 12.8. The minimum Gasteiger partial charge on any atom is -0.481 e. The summed E-state index contributed by atoms with van der Waals surface area (Å²) in [5.41, 5.74) is 1.52. The van der Waals surface area contributed by atoms with E-state index < -0.39 is 11.9 Å². The molecule has 1 N–H and O–H groups in total. The van der Waals surface area contributed by atoms with E-state index in [9.17, 15) is 9.18 Å². The highest BCUT2D eigenvalue weighted by atomic mass is 19.1. The van der Waals surface area contributed by atoms with Gasteiger partial charge in [-0.3, -0.25) is 4.79 Å². The number of rotatable bonds is 4. The number of carboxylic acid groups (broad SMARTS) is 1. The van der Waals surface area contributed by atoms with Crippen LogP contribution in [0.25, 0.3) is 0 Å². The molecule has 16 heavy (non-hydrogen) atoms. The molecular weight excluding hydrogens is 207 g/mol. The molecular formula is C13H17FO2. The van der Waals surface area contributed by atoms with Crippen LogP contribution in [0.5, 0.6) is 0 Å². The largest absolute Gasteiger partial charge is 0.481 e. The molecule has 3 heteroatoms. The zero-order valence-electron chi connectivity index (χ0n) is 9.83. The van der Waals surface area contributed by atoms with Gasteiger partial charge in [-0.15, -0.1) is 0 Å². The molecule has 0 spiro atoms. The average molecular weight is 224 g/mol. The molecule has 0 saturated heterocycles. The number of hydrogen-bond acceptors (Lipinski definition) is 1. The maximum Gasteiger partial charge on any atom is 0.306 e. The first-order valence-electron chi connectivity index (χ1n) is 5.43. The summed E-state index contributed by atoms with van der Waals surface area (Å²) in [7, 11) is 0. The highest BCUT2D eigenvalue weighted by Gasteiger charge is 2.15. The van der Waals surface area contributed by atoms with Crippen molar-refractivity contribution in [3.8, 4) is 0 Å². The zero-order valence-corrected chi connectivity index (χ0v) is 9.83. The molecule has 1 rings (SSSR count). The van der Waals surface area contributed by atoms with Crippen LogP contribution >= 0.6 is 0 Å². The van der Waals surface area contributed by atoms with Crippen LogP contribution in [0, 0.1) is 11.7 Å². The number of carboxylic acids is 1. The van der Waals surface area contributed by atoms with Crippen LogP contribution in [-0.2, 0) is 11.2 Å². The quantitative estimate of drug-likeness (QED) is 0.852. The van der Waals surface area contributed by atoms with E-state index >= 15 is 0 Å². The fourth-order valence-corrected chi connectivity index (χ4v) is 1.53. The summed E-state index contributed by atoms with van der Waals surface area (Å²) in [6.45, 7) is 5.64. The molecule has 0 aliphatic carbocycles. The van der Waals surface area contributed by atoms with Gasteiger partial charge in [0, 0.05) is 0 Å². The average Bonchev–Trinajstić information content (AvgIpc) is 2.20. The third-order valence-electron chi connectivity index (χ3n) is 2.68. The maximum absolute atomic E-state index is 13.5. The number of halogens is 1. The topological polar surface area (TPSA) is 37.3 Å². The van der Waals surface area contributed by atoms with Crippen LogP contribution in [0.1, 0.15) is 37.8 Å². The molecule has 1 unspecified atom stereocenters. The van der Waals surface area contributed by atoms with Crippen LogP contribution in [0.4, 0.5) is 4.39 Å². The Bertz CT molecular complexity index is 386. The Hall–Kier alpha value is -1.38. The van der Waals surface area contributed by atoms with Crippen LogP contribution in [-0.4, -0.2) is 11.1 Å². The first-order chi connectivity index (χ1) is 7.41. The van der Waals surface area contributed by atoms with Gasteiger partial charge in [0.25, 0.3) is 0 Å². The van der Waals surface area contributed by atoms with Crippen molar-refractivity contribution in [3.63, 3.8) is 0 Å². The van der Waals surface area contributed by atoms with Gasteiger partial charge in [-0.05, 0) is 29.5 Å². The first kappa shape index (κ1) is 12.7. The molecule has 0 saturated carbocycles. The molecule has 88 valence electrons. The molecule has 0 aromatic heterocycles. The molecule has 0 aliphatic heterocycles. The predicted molar refractivity (Wildman–Crippen MR) is 61.0 cm³/mol. The fourth-order valence-electron chi connectivity index (χ4n) is 1.53. The number of aliphatic carboxylic acids is 1. The Morgan fingerprint density at radius 2 is 2.00 bits per heavy atom. The minimum atomic E-state index is -0.894. The fraction of sp³-hybridized carbons (Fsp3) is 0.462. The second-order valence-corrected chi connectivity index (χ2v) is 4.45. The van der Waals surface area contributed by atoms with E-state index in [0.717, 1.165) is 5.56 Å². The van der Waals surface area contributed by atoms with Crippen molar-refractivity contribution < 1.29 is 14.3 Å². The Balaban J connectivity index is 2.94. The van der Waals surface area contributed by atoms with Gasteiger partial charge in [-0.25, -0.2) is 4.39 Å². The van der Waals surface area contributed by atoms with E-state index in [1.165, 1.54) is 6.07 Å². The number of benzene rings is 1. The Morgan fingerprint density at radius 1 is 1.38 bits per heavy atom. The van der Waals surface area contributed by atoms with Gasteiger partial charge >= 0.3 is 5.97 Å². The second kappa shape index (κ2) is 5.10. The number of hydrogen-bond donors (Lipinski definition) is 1. The predicted octanol–water partition coefficient (Wildman–Crippen LogP) is 3.21. The number of carbonyl (C=O) groups is 1. The van der Waals surface area contributed by atoms with Gasteiger partial charge < -0.3 is 5.11 Å². The lowest BCUT2D eigenvalue weighted by Crippen LogP contribution is -2.13. The summed E-state index contributed by atoms with van der Waals surface area (Å²) >= 11 is 0. The van der Waals surface area contributed by atoms with Crippen LogP contribution < -0.4 is 0 Å². The van der Waals surface area contributed by atoms with Gasteiger partial charge in [0.2, 0.25) is 0 Å². The lowest BCUT2D eigenvalue weighted by Gasteiger charge is -2.11. The monoisotopic (exact) mass is 224 g/mol. The molecule has 0 amide bonds. The second-order valence-electron chi connectivity index (χ2n) is 4.45. The van der Waals surface area contributed by atoms with Crippen molar-refractivity contribution in [1.82, 2.24) is 0 Å². The zero-order chi connectivity index (χ0) is 12.3. The summed E-state index contributed by atoms with van der Waals surface area (Å²) in [6, 6.07) is 4.92. The molecule has 1 aromatic carbocycles. The Kier molecular flexibility index (Phi) is 4.05. The lowest BCUT2D eigenvalue weighted by molar-refractivity contribution is -0.141. The van der Waals surface area contributed by atoms with Crippen LogP contribution in [0.3, 0.4) is 0 Å². The summed E-state index contributed by atoms with van der Waals surface area (Å²) in [6.07, 6.45) is 0.238. The van der Waals surface area contributed by atoms with E-state index in [2.05, 4.69) is 0 Å². The molecule has 2 nitrogen and oxygen atoms in total. The standard InChI is InChI=1S/C13H17FO2/c1-8(2)10-4-5-12(14)11(7-10)6-9(3)13(15)16/h4-5,7-9H,6H2,1-3H3,(H,15,16). The van der Waals surface area contributed by atoms with Crippen molar-refractivity contribution in [2.75, 3.05) is 0 Å². The van der Waals surface area contributed by atoms with E-state index in [4.69, 9.17) is 5.11 Å². The highest BCUT2D eigenvalue weighted by Crippen LogP contribution is 2.20. The van der Waals surface area contributed by atoms with Crippen molar-refractivity contribution in [1.29, 1.82) is 0 Å².